The summed E-state index contributed by atoms with van der Waals surface area (Å²) in [4.78, 5) is 27.1. The largest absolute Gasteiger partial charge is 0.378 e. The van der Waals surface area contributed by atoms with Gasteiger partial charge in [0.1, 0.15) is 0 Å². The van der Waals surface area contributed by atoms with Crippen LogP contribution in [0.4, 0.5) is 0 Å². The van der Waals surface area contributed by atoms with E-state index in [9.17, 15) is 9.59 Å². The molecule has 0 bridgehead atoms. The quantitative estimate of drug-likeness (QED) is 0.714. The summed E-state index contributed by atoms with van der Waals surface area (Å²) in [7, 11) is 0. The minimum Gasteiger partial charge on any atom is -0.378 e. The predicted molar refractivity (Wildman–Crippen MR) is 68.6 cm³/mol. The van der Waals surface area contributed by atoms with E-state index in [4.69, 9.17) is 9.47 Å². The Kier molecular flexibility index (Phi) is 5.15. The second-order valence-electron chi connectivity index (χ2n) is 5.03. The summed E-state index contributed by atoms with van der Waals surface area (Å²) in [6.45, 7) is 5.32. The number of hydrogen-bond donors (Lipinski definition) is 0. The van der Waals surface area contributed by atoms with E-state index in [0.29, 0.717) is 32.8 Å². The van der Waals surface area contributed by atoms with Gasteiger partial charge < -0.3 is 19.3 Å². The van der Waals surface area contributed by atoms with E-state index >= 15 is 0 Å². The highest BCUT2D eigenvalue weighted by molar-refractivity contribution is 5.83. The predicted octanol–water partition coefficient (Wildman–Crippen LogP) is -0.127. The van der Waals surface area contributed by atoms with Crippen molar-refractivity contribution in [2.45, 2.75) is 25.9 Å². The van der Waals surface area contributed by atoms with Crippen LogP contribution in [0.2, 0.25) is 0 Å². The third-order valence-corrected chi connectivity index (χ3v) is 3.58. The van der Waals surface area contributed by atoms with Crippen LogP contribution in [-0.4, -0.2) is 73.7 Å². The van der Waals surface area contributed by atoms with Gasteiger partial charge >= 0.3 is 0 Å². The van der Waals surface area contributed by atoms with Crippen LogP contribution in [0.3, 0.4) is 0 Å². The molecular weight excluding hydrogens is 248 g/mol. The van der Waals surface area contributed by atoms with E-state index in [0.717, 1.165) is 19.4 Å². The highest BCUT2D eigenvalue weighted by Gasteiger charge is 2.25. The van der Waals surface area contributed by atoms with Crippen LogP contribution in [0.15, 0.2) is 0 Å². The highest BCUT2D eigenvalue weighted by atomic mass is 16.5. The SMILES string of the molecule is CC(=O)N(CC(=O)N1CCOCC1)CC1CCCO1. The van der Waals surface area contributed by atoms with Gasteiger partial charge in [-0.05, 0) is 12.8 Å². The summed E-state index contributed by atoms with van der Waals surface area (Å²) < 4.78 is 10.7. The monoisotopic (exact) mass is 270 g/mol. The van der Waals surface area contributed by atoms with Crippen LogP contribution in [-0.2, 0) is 19.1 Å². The van der Waals surface area contributed by atoms with Crippen molar-refractivity contribution >= 4 is 11.8 Å². The number of amides is 2. The molecule has 2 aliphatic heterocycles. The molecular formula is C13H22N2O4. The van der Waals surface area contributed by atoms with Crippen LogP contribution < -0.4 is 0 Å². The lowest BCUT2D eigenvalue weighted by molar-refractivity contribution is -0.143. The first-order valence-electron chi connectivity index (χ1n) is 6.89. The zero-order chi connectivity index (χ0) is 13.7. The minimum atomic E-state index is -0.0721. The van der Waals surface area contributed by atoms with E-state index < -0.39 is 0 Å². The molecule has 2 saturated heterocycles. The van der Waals surface area contributed by atoms with Crippen LogP contribution in [0.25, 0.3) is 0 Å². The number of morpholine rings is 1. The lowest BCUT2D eigenvalue weighted by Crippen LogP contribution is -2.48. The molecule has 0 aromatic carbocycles. The summed E-state index contributed by atoms with van der Waals surface area (Å²) in [6.07, 6.45) is 2.09. The van der Waals surface area contributed by atoms with Crippen LogP contribution in [0, 0.1) is 0 Å². The lowest BCUT2D eigenvalue weighted by Gasteiger charge is -2.30. The smallest absolute Gasteiger partial charge is 0.242 e. The van der Waals surface area contributed by atoms with Gasteiger partial charge in [-0.3, -0.25) is 9.59 Å². The molecule has 2 heterocycles. The molecule has 2 amide bonds. The van der Waals surface area contributed by atoms with Crippen LogP contribution in [0.5, 0.6) is 0 Å². The topological polar surface area (TPSA) is 59.1 Å². The summed E-state index contributed by atoms with van der Waals surface area (Å²) in [5, 5.41) is 0. The molecule has 0 saturated carbocycles. The van der Waals surface area contributed by atoms with E-state index in [2.05, 4.69) is 0 Å². The summed E-state index contributed by atoms with van der Waals surface area (Å²) in [5.41, 5.74) is 0. The van der Waals surface area contributed by atoms with Crippen LogP contribution >= 0.6 is 0 Å². The highest BCUT2D eigenvalue weighted by Crippen LogP contribution is 2.13. The first-order chi connectivity index (χ1) is 9.16. The number of carbonyl (C=O) groups is 2. The van der Waals surface area contributed by atoms with Crippen molar-refractivity contribution in [3.8, 4) is 0 Å². The maximum atomic E-state index is 12.1. The average Bonchev–Trinajstić information content (AvgIpc) is 2.91. The van der Waals surface area contributed by atoms with Crippen molar-refractivity contribution < 1.29 is 19.1 Å². The molecule has 2 aliphatic rings. The van der Waals surface area contributed by atoms with Crippen molar-refractivity contribution in [2.75, 3.05) is 46.0 Å². The van der Waals surface area contributed by atoms with Gasteiger partial charge in [-0.2, -0.15) is 0 Å². The number of hydrogen-bond acceptors (Lipinski definition) is 4. The van der Waals surface area contributed by atoms with Crippen molar-refractivity contribution in [1.29, 1.82) is 0 Å². The molecule has 0 spiro atoms. The molecule has 0 radical (unpaired) electrons. The molecule has 0 aromatic rings. The molecule has 6 nitrogen and oxygen atoms in total. The van der Waals surface area contributed by atoms with Gasteiger partial charge in [0.05, 0.1) is 25.9 Å². The van der Waals surface area contributed by atoms with E-state index in [-0.39, 0.29) is 24.5 Å². The number of rotatable bonds is 4. The normalized spacial score (nSPS) is 23.4. The second-order valence-corrected chi connectivity index (χ2v) is 5.03. The second kappa shape index (κ2) is 6.86. The third-order valence-electron chi connectivity index (χ3n) is 3.58. The molecule has 0 aliphatic carbocycles. The first-order valence-corrected chi connectivity index (χ1v) is 6.89. The Balaban J connectivity index is 1.84. The fourth-order valence-electron chi connectivity index (χ4n) is 2.41. The van der Waals surface area contributed by atoms with Gasteiger partial charge in [0.2, 0.25) is 11.8 Å². The summed E-state index contributed by atoms with van der Waals surface area (Å²) in [6, 6.07) is 0. The standard InChI is InChI=1S/C13H22N2O4/c1-11(16)15(9-12-3-2-6-19-12)10-13(17)14-4-7-18-8-5-14/h12H,2-10H2,1H3. The Hall–Kier alpha value is -1.14. The Morgan fingerprint density at radius 1 is 1.26 bits per heavy atom. The molecule has 19 heavy (non-hydrogen) atoms. The van der Waals surface area contributed by atoms with Gasteiger partial charge in [0.25, 0.3) is 0 Å². The molecule has 1 atom stereocenters. The average molecular weight is 270 g/mol. The van der Waals surface area contributed by atoms with Gasteiger partial charge in [0.15, 0.2) is 0 Å². The zero-order valence-corrected chi connectivity index (χ0v) is 11.5. The van der Waals surface area contributed by atoms with Gasteiger partial charge in [0, 0.05) is 33.2 Å². The Morgan fingerprint density at radius 2 is 2.00 bits per heavy atom. The summed E-state index contributed by atoms with van der Waals surface area (Å²) >= 11 is 0. The molecule has 6 heteroatoms. The number of ether oxygens (including phenoxy) is 2. The lowest BCUT2D eigenvalue weighted by atomic mass is 10.2. The number of carbonyl (C=O) groups excluding carboxylic acids is 2. The Morgan fingerprint density at radius 3 is 2.58 bits per heavy atom. The van der Waals surface area contributed by atoms with E-state index in [1.807, 2.05) is 0 Å². The van der Waals surface area contributed by atoms with Crippen molar-refractivity contribution in [3.63, 3.8) is 0 Å². The summed E-state index contributed by atoms with van der Waals surface area (Å²) in [5.74, 6) is -0.0754. The molecule has 108 valence electrons. The zero-order valence-electron chi connectivity index (χ0n) is 11.5. The van der Waals surface area contributed by atoms with Crippen molar-refractivity contribution in [2.24, 2.45) is 0 Å². The fraction of sp³-hybridized carbons (Fsp3) is 0.846. The number of nitrogens with zero attached hydrogens (tertiary/aromatic N) is 2. The Bertz CT molecular complexity index is 323. The molecule has 2 rings (SSSR count). The Labute approximate surface area is 113 Å². The van der Waals surface area contributed by atoms with Gasteiger partial charge in [-0.15, -0.1) is 0 Å². The van der Waals surface area contributed by atoms with Gasteiger partial charge in [-0.1, -0.05) is 0 Å². The first kappa shape index (κ1) is 14.3. The van der Waals surface area contributed by atoms with Crippen LogP contribution in [0.1, 0.15) is 19.8 Å². The maximum absolute atomic E-state index is 12.1. The molecule has 2 fully saturated rings. The van der Waals surface area contributed by atoms with E-state index in [1.54, 1.807) is 9.80 Å². The molecule has 0 N–H and O–H groups in total. The van der Waals surface area contributed by atoms with Crippen molar-refractivity contribution in [1.82, 2.24) is 9.80 Å². The third kappa shape index (κ3) is 4.18. The molecule has 1 unspecified atom stereocenters. The van der Waals surface area contributed by atoms with E-state index in [1.165, 1.54) is 6.92 Å². The minimum absolute atomic E-state index is 0.00324. The fourth-order valence-corrected chi connectivity index (χ4v) is 2.41. The molecule has 0 aromatic heterocycles. The van der Waals surface area contributed by atoms with Crippen molar-refractivity contribution in [3.05, 3.63) is 0 Å². The maximum Gasteiger partial charge on any atom is 0.242 e. The van der Waals surface area contributed by atoms with Gasteiger partial charge in [-0.25, -0.2) is 0 Å².